The highest BCUT2D eigenvalue weighted by molar-refractivity contribution is 5.95. The van der Waals surface area contributed by atoms with Gasteiger partial charge < -0.3 is 9.47 Å². The molecule has 0 bridgehead atoms. The first-order valence-electron chi connectivity index (χ1n) is 8.01. The van der Waals surface area contributed by atoms with Crippen molar-refractivity contribution >= 4 is 17.3 Å². The highest BCUT2D eigenvalue weighted by Gasteiger charge is 2.33. The van der Waals surface area contributed by atoms with Gasteiger partial charge in [0, 0.05) is 11.6 Å². The third-order valence-electron chi connectivity index (χ3n) is 3.61. The molecule has 11 heteroatoms. The van der Waals surface area contributed by atoms with Crippen molar-refractivity contribution in [1.29, 1.82) is 0 Å². The highest BCUT2D eigenvalue weighted by Crippen LogP contribution is 2.34. The maximum atomic E-state index is 12.7. The number of benzene rings is 2. The first-order valence-corrected chi connectivity index (χ1v) is 8.01. The van der Waals surface area contributed by atoms with E-state index in [-0.39, 0.29) is 23.6 Å². The molecule has 0 aliphatic heterocycles. The maximum Gasteiger partial charge on any atom is 0.416 e. The molecule has 0 atom stereocenters. The largest absolute Gasteiger partial charge is 0.493 e. The van der Waals surface area contributed by atoms with Crippen LogP contribution in [0, 0.1) is 10.1 Å². The molecule has 0 aliphatic rings. The zero-order chi connectivity index (χ0) is 21.6. The van der Waals surface area contributed by atoms with E-state index in [9.17, 15) is 28.1 Å². The van der Waals surface area contributed by atoms with Crippen molar-refractivity contribution < 1.29 is 32.4 Å². The highest BCUT2D eigenvalue weighted by atomic mass is 19.4. The van der Waals surface area contributed by atoms with E-state index in [1.54, 1.807) is 0 Å². The van der Waals surface area contributed by atoms with Crippen molar-refractivity contribution in [3.05, 3.63) is 70.3 Å². The lowest BCUT2D eigenvalue weighted by Crippen LogP contribution is -2.29. The van der Waals surface area contributed by atoms with Crippen LogP contribution in [-0.2, 0) is 6.18 Å². The first kappa shape index (κ1) is 21.5. The number of carbonyl (C=O) groups is 1. The second-order valence-electron chi connectivity index (χ2n) is 5.53. The minimum Gasteiger partial charge on any atom is -0.493 e. The van der Waals surface area contributed by atoms with Gasteiger partial charge in [0.15, 0.2) is 11.5 Å². The number of nitrogens with zero attached hydrogens (tertiary/aromatic N) is 1. The van der Waals surface area contributed by atoms with Crippen molar-refractivity contribution in [2.24, 2.45) is 0 Å². The summed E-state index contributed by atoms with van der Waals surface area (Å²) in [5, 5.41) is 11.1. The molecule has 2 aromatic rings. The van der Waals surface area contributed by atoms with E-state index in [1.807, 2.05) is 0 Å². The number of rotatable bonds is 8. The molecule has 0 fully saturated rings. The fourth-order valence-corrected chi connectivity index (χ4v) is 2.24. The fourth-order valence-electron chi connectivity index (χ4n) is 2.24. The molecule has 0 unspecified atom stereocenters. The molecule has 0 saturated heterocycles. The third-order valence-corrected chi connectivity index (χ3v) is 3.61. The van der Waals surface area contributed by atoms with Crippen molar-refractivity contribution in [1.82, 2.24) is 5.43 Å². The molecular formula is C18H16F3N3O5. The smallest absolute Gasteiger partial charge is 0.416 e. The lowest BCUT2D eigenvalue weighted by atomic mass is 10.1. The lowest BCUT2D eigenvalue weighted by Gasteiger charge is -2.13. The molecule has 0 aliphatic carbocycles. The number of alkyl halides is 3. The van der Waals surface area contributed by atoms with Crippen LogP contribution in [0.15, 0.2) is 49.1 Å². The zero-order valence-corrected chi connectivity index (χ0v) is 15.1. The summed E-state index contributed by atoms with van der Waals surface area (Å²) < 4.78 is 48.7. The number of nitro benzene ring substituents is 1. The Bertz CT molecular complexity index is 931. The minimum absolute atomic E-state index is 0.120. The van der Waals surface area contributed by atoms with Crippen LogP contribution in [0.4, 0.5) is 24.5 Å². The molecule has 154 valence electrons. The predicted molar refractivity (Wildman–Crippen MR) is 97.9 cm³/mol. The summed E-state index contributed by atoms with van der Waals surface area (Å²) in [4.78, 5) is 22.4. The van der Waals surface area contributed by atoms with Crippen LogP contribution in [0.2, 0.25) is 0 Å². The van der Waals surface area contributed by atoms with Crippen LogP contribution in [0.25, 0.3) is 0 Å². The monoisotopic (exact) mass is 411 g/mol. The average molecular weight is 411 g/mol. The van der Waals surface area contributed by atoms with Crippen molar-refractivity contribution in [3.8, 4) is 11.5 Å². The average Bonchev–Trinajstić information content (AvgIpc) is 2.69. The molecule has 0 radical (unpaired) electrons. The van der Waals surface area contributed by atoms with Gasteiger partial charge in [-0.1, -0.05) is 12.7 Å². The van der Waals surface area contributed by atoms with Crippen LogP contribution in [0.3, 0.4) is 0 Å². The molecule has 0 saturated carbocycles. The number of methoxy groups -OCH3 is 1. The van der Waals surface area contributed by atoms with E-state index in [2.05, 4.69) is 17.4 Å². The number of hydrazine groups is 1. The van der Waals surface area contributed by atoms with E-state index in [4.69, 9.17) is 9.47 Å². The number of carbonyl (C=O) groups excluding carboxylic acids is 1. The van der Waals surface area contributed by atoms with Gasteiger partial charge in [-0.25, -0.2) is 0 Å². The maximum absolute atomic E-state index is 12.7. The Kier molecular flexibility index (Phi) is 6.65. The van der Waals surface area contributed by atoms with E-state index in [1.165, 1.54) is 31.4 Å². The summed E-state index contributed by atoms with van der Waals surface area (Å²) in [6.45, 7) is 3.74. The van der Waals surface area contributed by atoms with Crippen LogP contribution >= 0.6 is 0 Å². The summed E-state index contributed by atoms with van der Waals surface area (Å²) >= 11 is 0. The third kappa shape index (κ3) is 5.37. The molecule has 8 nitrogen and oxygen atoms in total. The Morgan fingerprint density at radius 3 is 2.55 bits per heavy atom. The van der Waals surface area contributed by atoms with Crippen LogP contribution in [0.5, 0.6) is 11.5 Å². The first-order chi connectivity index (χ1) is 13.7. The number of hydrogen-bond donors (Lipinski definition) is 2. The predicted octanol–water partition coefficient (Wildman–Crippen LogP) is 3.94. The van der Waals surface area contributed by atoms with Gasteiger partial charge in [-0.05, 0) is 30.3 Å². The number of amides is 1. The second kappa shape index (κ2) is 8.95. The Morgan fingerprint density at radius 2 is 1.97 bits per heavy atom. The molecule has 29 heavy (non-hydrogen) atoms. The Hall–Kier alpha value is -3.76. The summed E-state index contributed by atoms with van der Waals surface area (Å²) in [7, 11) is 1.38. The number of nitro groups is 1. The molecule has 1 amide bonds. The number of anilines is 1. The Balaban J connectivity index is 2.18. The molecule has 2 aromatic carbocycles. The van der Waals surface area contributed by atoms with Gasteiger partial charge in [0.25, 0.3) is 11.6 Å². The summed E-state index contributed by atoms with van der Waals surface area (Å²) in [6.07, 6.45) is -3.21. The van der Waals surface area contributed by atoms with E-state index in [0.717, 1.165) is 6.07 Å². The Morgan fingerprint density at radius 1 is 1.24 bits per heavy atom. The number of halogens is 3. The van der Waals surface area contributed by atoms with Gasteiger partial charge in [0.2, 0.25) is 0 Å². The van der Waals surface area contributed by atoms with Gasteiger partial charge in [0.1, 0.15) is 12.3 Å². The number of ether oxygens (including phenoxy) is 2. The van der Waals surface area contributed by atoms with Gasteiger partial charge in [-0.3, -0.25) is 25.8 Å². The minimum atomic E-state index is -4.74. The van der Waals surface area contributed by atoms with E-state index < -0.39 is 28.3 Å². The number of nitrogens with one attached hydrogen (secondary N) is 2. The molecule has 2 rings (SSSR count). The lowest BCUT2D eigenvalue weighted by molar-refractivity contribution is -0.384. The zero-order valence-electron chi connectivity index (χ0n) is 15.1. The standard InChI is InChI=1S/C18H16F3N3O5/c1-3-8-29-15-7-4-11(9-16(15)28-2)17(25)23-22-13-6-5-12(18(19,20)21)10-14(13)24(26)27/h3-7,9-10,22H,1,8H2,2H3,(H,23,25). The summed E-state index contributed by atoms with van der Waals surface area (Å²) in [5.74, 6) is -0.0666. The normalized spacial score (nSPS) is 10.8. The molecular weight excluding hydrogens is 395 g/mol. The van der Waals surface area contributed by atoms with Crippen LogP contribution < -0.4 is 20.3 Å². The van der Waals surface area contributed by atoms with Crippen molar-refractivity contribution in [3.63, 3.8) is 0 Å². The molecule has 2 N–H and O–H groups in total. The number of hydrogen-bond acceptors (Lipinski definition) is 6. The fraction of sp³-hybridized carbons (Fsp3) is 0.167. The second-order valence-corrected chi connectivity index (χ2v) is 5.53. The molecule has 0 spiro atoms. The van der Waals surface area contributed by atoms with Crippen molar-refractivity contribution in [2.75, 3.05) is 19.1 Å². The summed E-state index contributed by atoms with van der Waals surface area (Å²) in [6, 6.07) is 6.17. The SMILES string of the molecule is C=CCOc1ccc(C(=O)NNc2ccc(C(F)(F)F)cc2[N+](=O)[O-])cc1OC. The van der Waals surface area contributed by atoms with E-state index in [0.29, 0.717) is 17.9 Å². The van der Waals surface area contributed by atoms with E-state index >= 15 is 0 Å². The summed E-state index contributed by atoms with van der Waals surface area (Å²) in [5.41, 5.74) is 2.25. The van der Waals surface area contributed by atoms with Gasteiger partial charge in [0.05, 0.1) is 17.6 Å². The Labute approximate surface area is 163 Å². The van der Waals surface area contributed by atoms with Crippen molar-refractivity contribution in [2.45, 2.75) is 6.18 Å². The van der Waals surface area contributed by atoms with Crippen LogP contribution in [-0.4, -0.2) is 24.5 Å². The van der Waals surface area contributed by atoms with Crippen LogP contribution in [0.1, 0.15) is 15.9 Å². The van der Waals surface area contributed by atoms with Gasteiger partial charge >= 0.3 is 6.18 Å². The topological polar surface area (TPSA) is 103 Å². The molecule has 0 heterocycles. The van der Waals surface area contributed by atoms with Gasteiger partial charge in [-0.2, -0.15) is 13.2 Å². The van der Waals surface area contributed by atoms with Gasteiger partial charge in [-0.15, -0.1) is 0 Å². The molecule has 0 aromatic heterocycles. The quantitative estimate of drug-likeness (QED) is 0.388.